The summed E-state index contributed by atoms with van der Waals surface area (Å²) < 4.78 is 22.2. The monoisotopic (exact) mass is 382 g/mol. The summed E-state index contributed by atoms with van der Waals surface area (Å²) in [6, 6.07) is 8.85. The van der Waals surface area contributed by atoms with Crippen LogP contribution in [-0.4, -0.2) is 38.6 Å². The summed E-state index contributed by atoms with van der Waals surface area (Å²) in [5.74, 6) is 2.05. The summed E-state index contributed by atoms with van der Waals surface area (Å²) in [5.41, 5.74) is 3.19. The molecule has 3 fully saturated rings. The molecular weight excluding hydrogens is 352 g/mol. The minimum atomic E-state index is 0.179. The molecule has 2 heterocycles. The standard InChI is InChI=1S/C24H30O4/c1-2-12-24(13-3-1,18-4-8-20(9-5-18)25-14-22-16-27-22)19-6-10-21(11-7-19)26-15-23-17-28-23/h4-6,8-10,22-23H,1-3,7,11-17H2. The molecule has 0 aromatic heterocycles. The molecule has 28 heavy (non-hydrogen) atoms. The van der Waals surface area contributed by atoms with E-state index >= 15 is 0 Å². The first-order valence-corrected chi connectivity index (χ1v) is 10.8. The number of epoxide rings is 2. The highest BCUT2D eigenvalue weighted by molar-refractivity contribution is 5.42. The van der Waals surface area contributed by atoms with Crippen LogP contribution in [0, 0.1) is 0 Å². The Morgan fingerprint density at radius 1 is 0.821 bits per heavy atom. The molecule has 4 heteroatoms. The molecule has 150 valence electrons. The average Bonchev–Trinajstić information content (AvgIpc) is 3.67. The Balaban J connectivity index is 1.33. The Morgan fingerprint density at radius 2 is 1.50 bits per heavy atom. The first kappa shape index (κ1) is 18.3. The minimum Gasteiger partial charge on any atom is -0.495 e. The van der Waals surface area contributed by atoms with Crippen molar-refractivity contribution < 1.29 is 18.9 Å². The molecule has 0 spiro atoms. The molecule has 4 aliphatic rings. The van der Waals surface area contributed by atoms with Gasteiger partial charge < -0.3 is 18.9 Å². The van der Waals surface area contributed by atoms with Crippen LogP contribution in [0.25, 0.3) is 0 Å². The number of allylic oxidation sites excluding steroid dienone is 4. The van der Waals surface area contributed by atoms with E-state index in [4.69, 9.17) is 18.9 Å². The molecule has 4 nitrogen and oxygen atoms in total. The van der Waals surface area contributed by atoms with Gasteiger partial charge in [-0.3, -0.25) is 0 Å². The van der Waals surface area contributed by atoms with Crippen molar-refractivity contribution in [1.29, 1.82) is 0 Å². The minimum absolute atomic E-state index is 0.179. The number of hydrogen-bond donors (Lipinski definition) is 0. The largest absolute Gasteiger partial charge is 0.495 e. The Bertz CT molecular complexity index is 734. The molecule has 1 aromatic rings. The number of ether oxygens (including phenoxy) is 4. The van der Waals surface area contributed by atoms with Crippen molar-refractivity contribution in [2.75, 3.05) is 26.4 Å². The van der Waals surface area contributed by atoms with Gasteiger partial charge in [0.1, 0.15) is 31.2 Å². The van der Waals surface area contributed by atoms with Gasteiger partial charge >= 0.3 is 0 Å². The van der Waals surface area contributed by atoms with Gasteiger partial charge in [0.25, 0.3) is 0 Å². The third-order valence-electron chi connectivity index (χ3n) is 6.54. The van der Waals surface area contributed by atoms with E-state index in [0.717, 1.165) is 37.6 Å². The van der Waals surface area contributed by atoms with E-state index in [1.165, 1.54) is 37.7 Å². The second-order valence-corrected chi connectivity index (χ2v) is 8.52. The molecule has 1 aromatic carbocycles. The highest BCUT2D eigenvalue weighted by Crippen LogP contribution is 2.48. The zero-order valence-corrected chi connectivity index (χ0v) is 16.5. The van der Waals surface area contributed by atoms with Gasteiger partial charge in [0.15, 0.2) is 0 Å². The molecule has 2 unspecified atom stereocenters. The summed E-state index contributed by atoms with van der Waals surface area (Å²) in [4.78, 5) is 0. The lowest BCUT2D eigenvalue weighted by molar-refractivity contribution is 0.173. The summed E-state index contributed by atoms with van der Waals surface area (Å²) >= 11 is 0. The smallest absolute Gasteiger partial charge is 0.119 e. The Morgan fingerprint density at radius 3 is 2.11 bits per heavy atom. The van der Waals surface area contributed by atoms with Gasteiger partial charge in [-0.2, -0.15) is 0 Å². The highest BCUT2D eigenvalue weighted by atomic mass is 16.6. The molecule has 1 saturated carbocycles. The topological polar surface area (TPSA) is 43.5 Å². The maximum absolute atomic E-state index is 5.91. The first-order valence-electron chi connectivity index (χ1n) is 10.8. The lowest BCUT2D eigenvalue weighted by Gasteiger charge is -2.41. The summed E-state index contributed by atoms with van der Waals surface area (Å²) in [6.07, 6.45) is 13.7. The lowest BCUT2D eigenvalue weighted by atomic mass is 9.63. The molecule has 0 amide bonds. The number of hydrogen-bond acceptors (Lipinski definition) is 4. The molecule has 2 aliphatic heterocycles. The Labute approximate surface area is 167 Å². The first-order chi connectivity index (χ1) is 13.8. The normalized spacial score (nSPS) is 28.1. The fraction of sp³-hybridized carbons (Fsp3) is 0.583. The van der Waals surface area contributed by atoms with E-state index < -0.39 is 0 Å². The summed E-state index contributed by atoms with van der Waals surface area (Å²) in [6.45, 7) is 3.05. The Hall–Kier alpha value is -1.78. The van der Waals surface area contributed by atoms with Gasteiger partial charge in [-0.1, -0.05) is 43.0 Å². The predicted molar refractivity (Wildman–Crippen MR) is 108 cm³/mol. The quantitative estimate of drug-likeness (QED) is 0.612. The fourth-order valence-electron chi connectivity index (χ4n) is 4.68. The third-order valence-corrected chi connectivity index (χ3v) is 6.54. The van der Waals surface area contributed by atoms with E-state index in [2.05, 4.69) is 36.4 Å². The van der Waals surface area contributed by atoms with Crippen LogP contribution in [0.2, 0.25) is 0 Å². The lowest BCUT2D eigenvalue weighted by Crippen LogP contribution is -2.32. The van der Waals surface area contributed by atoms with Gasteiger partial charge in [0.2, 0.25) is 0 Å². The van der Waals surface area contributed by atoms with Crippen molar-refractivity contribution in [3.05, 3.63) is 53.3 Å². The number of benzene rings is 1. The number of rotatable bonds is 8. The van der Waals surface area contributed by atoms with Crippen molar-refractivity contribution in [3.8, 4) is 5.75 Å². The third kappa shape index (κ3) is 4.13. The van der Waals surface area contributed by atoms with Crippen LogP contribution < -0.4 is 4.74 Å². The van der Waals surface area contributed by atoms with Crippen LogP contribution in [0.15, 0.2) is 47.7 Å². The zero-order valence-electron chi connectivity index (χ0n) is 16.5. The van der Waals surface area contributed by atoms with Crippen LogP contribution in [0.4, 0.5) is 0 Å². The maximum Gasteiger partial charge on any atom is 0.119 e. The van der Waals surface area contributed by atoms with E-state index in [9.17, 15) is 0 Å². The molecule has 0 N–H and O–H groups in total. The SMILES string of the molecule is C1=C(OCC2CO2)CCC(C2(c3ccc(OCC4CO4)cc3)CCCCC2)=C1. The van der Waals surface area contributed by atoms with Crippen molar-refractivity contribution in [3.63, 3.8) is 0 Å². The van der Waals surface area contributed by atoms with Crippen LogP contribution >= 0.6 is 0 Å². The second kappa shape index (κ2) is 7.92. The van der Waals surface area contributed by atoms with Gasteiger partial charge in [0, 0.05) is 11.8 Å². The average molecular weight is 383 g/mol. The molecule has 2 saturated heterocycles. The second-order valence-electron chi connectivity index (χ2n) is 8.52. The van der Waals surface area contributed by atoms with E-state index in [1.54, 1.807) is 5.57 Å². The zero-order chi connectivity index (χ0) is 18.8. The van der Waals surface area contributed by atoms with Crippen molar-refractivity contribution in [2.45, 2.75) is 62.6 Å². The Kier molecular flexibility index (Phi) is 5.17. The van der Waals surface area contributed by atoms with Crippen LogP contribution in [-0.2, 0) is 19.6 Å². The maximum atomic E-state index is 5.91. The highest BCUT2D eigenvalue weighted by Gasteiger charge is 2.38. The predicted octanol–water partition coefficient (Wildman–Crippen LogP) is 4.69. The van der Waals surface area contributed by atoms with Gasteiger partial charge in [0.05, 0.1) is 19.0 Å². The van der Waals surface area contributed by atoms with E-state index in [-0.39, 0.29) is 5.41 Å². The molecule has 5 rings (SSSR count). The van der Waals surface area contributed by atoms with E-state index in [0.29, 0.717) is 25.4 Å². The van der Waals surface area contributed by atoms with Gasteiger partial charge in [-0.25, -0.2) is 0 Å². The summed E-state index contributed by atoms with van der Waals surface area (Å²) in [7, 11) is 0. The van der Waals surface area contributed by atoms with Crippen LogP contribution in [0.3, 0.4) is 0 Å². The van der Waals surface area contributed by atoms with Gasteiger partial charge in [-0.15, -0.1) is 0 Å². The molecule has 0 bridgehead atoms. The fourth-order valence-corrected chi connectivity index (χ4v) is 4.68. The van der Waals surface area contributed by atoms with Crippen LogP contribution in [0.1, 0.15) is 50.5 Å². The van der Waals surface area contributed by atoms with Crippen molar-refractivity contribution >= 4 is 0 Å². The van der Waals surface area contributed by atoms with Crippen LogP contribution in [0.5, 0.6) is 5.75 Å². The molecule has 2 atom stereocenters. The molecule has 0 radical (unpaired) electrons. The van der Waals surface area contributed by atoms with Crippen molar-refractivity contribution in [1.82, 2.24) is 0 Å². The summed E-state index contributed by atoms with van der Waals surface area (Å²) in [5, 5.41) is 0. The van der Waals surface area contributed by atoms with Gasteiger partial charge in [-0.05, 0) is 43.0 Å². The van der Waals surface area contributed by atoms with E-state index in [1.807, 2.05) is 0 Å². The van der Waals surface area contributed by atoms with Crippen molar-refractivity contribution in [2.24, 2.45) is 0 Å². The molecular formula is C24H30O4. The molecule has 2 aliphatic carbocycles.